The first-order valence-electron chi connectivity index (χ1n) is 8.11. The highest BCUT2D eigenvalue weighted by molar-refractivity contribution is 7.16. The Bertz CT molecular complexity index is 909. The van der Waals surface area contributed by atoms with Crippen molar-refractivity contribution in [3.8, 4) is 0 Å². The highest BCUT2D eigenvalue weighted by atomic mass is 35.5. The van der Waals surface area contributed by atoms with E-state index in [0.29, 0.717) is 29.8 Å². The Balaban J connectivity index is 1.63. The van der Waals surface area contributed by atoms with Crippen LogP contribution >= 0.6 is 22.9 Å². The fourth-order valence-corrected chi connectivity index (χ4v) is 3.51. The third-order valence-electron chi connectivity index (χ3n) is 3.71. The van der Waals surface area contributed by atoms with Gasteiger partial charge in [0.15, 0.2) is 0 Å². The third-order valence-corrected chi connectivity index (χ3v) is 5.00. The summed E-state index contributed by atoms with van der Waals surface area (Å²) in [6, 6.07) is 19.8. The number of carbonyl (C=O) groups is 2. The zero-order chi connectivity index (χ0) is 18.4. The first kappa shape index (κ1) is 18.2. The van der Waals surface area contributed by atoms with Crippen LogP contribution in [0.4, 0.5) is 11.4 Å². The average molecular weight is 385 g/mol. The molecule has 0 aliphatic heterocycles. The van der Waals surface area contributed by atoms with Crippen LogP contribution in [0.25, 0.3) is 0 Å². The van der Waals surface area contributed by atoms with E-state index in [-0.39, 0.29) is 11.8 Å². The molecule has 4 nitrogen and oxygen atoms in total. The van der Waals surface area contributed by atoms with Crippen molar-refractivity contribution in [2.45, 2.75) is 12.8 Å². The van der Waals surface area contributed by atoms with Crippen LogP contribution in [-0.2, 0) is 11.2 Å². The maximum Gasteiger partial charge on any atom is 0.255 e. The minimum absolute atomic E-state index is 0.115. The molecule has 0 atom stereocenters. The second kappa shape index (κ2) is 8.65. The SMILES string of the molecule is O=C(CCc1ccc(Cl)s1)Nc1ccccc1NC(=O)c1ccccc1. The van der Waals surface area contributed by atoms with Gasteiger partial charge in [-0.15, -0.1) is 11.3 Å². The lowest BCUT2D eigenvalue weighted by Gasteiger charge is -2.12. The van der Waals surface area contributed by atoms with Gasteiger partial charge in [0.05, 0.1) is 15.7 Å². The lowest BCUT2D eigenvalue weighted by atomic mass is 10.2. The topological polar surface area (TPSA) is 58.2 Å². The molecule has 0 aliphatic carbocycles. The zero-order valence-corrected chi connectivity index (χ0v) is 15.4. The molecule has 0 bridgehead atoms. The first-order valence-corrected chi connectivity index (χ1v) is 9.31. The number of amides is 2. The largest absolute Gasteiger partial charge is 0.324 e. The first-order chi connectivity index (χ1) is 12.6. The Labute approximate surface area is 160 Å². The fourth-order valence-electron chi connectivity index (χ4n) is 2.42. The van der Waals surface area contributed by atoms with Gasteiger partial charge >= 0.3 is 0 Å². The number of nitrogens with one attached hydrogen (secondary N) is 2. The standard InChI is InChI=1S/C20H17ClN2O2S/c21-18-12-10-15(26-18)11-13-19(24)22-16-8-4-5-9-17(16)23-20(25)14-6-2-1-3-7-14/h1-10,12H,11,13H2,(H,22,24)(H,23,25). The molecule has 26 heavy (non-hydrogen) atoms. The van der Waals surface area contributed by atoms with Crippen LogP contribution in [0.2, 0.25) is 4.34 Å². The second-order valence-electron chi connectivity index (χ2n) is 5.62. The molecule has 2 N–H and O–H groups in total. The van der Waals surface area contributed by atoms with Gasteiger partial charge in [-0.1, -0.05) is 41.9 Å². The summed E-state index contributed by atoms with van der Waals surface area (Å²) in [5, 5.41) is 5.70. The van der Waals surface area contributed by atoms with Gasteiger partial charge in [0, 0.05) is 16.9 Å². The predicted octanol–water partition coefficient (Wildman–Crippen LogP) is 5.23. The Kier molecular flexibility index (Phi) is 6.04. The quantitative estimate of drug-likeness (QED) is 0.611. The molecule has 0 saturated carbocycles. The van der Waals surface area contributed by atoms with Crippen molar-refractivity contribution in [3.63, 3.8) is 0 Å². The van der Waals surface area contributed by atoms with Crippen molar-refractivity contribution >= 4 is 46.1 Å². The molecule has 1 aromatic heterocycles. The number of benzene rings is 2. The normalized spacial score (nSPS) is 10.3. The van der Waals surface area contributed by atoms with E-state index < -0.39 is 0 Å². The maximum atomic E-state index is 12.3. The van der Waals surface area contributed by atoms with Crippen LogP contribution in [0, 0.1) is 0 Å². The molecule has 0 aliphatic rings. The monoisotopic (exact) mass is 384 g/mol. The average Bonchev–Trinajstić information content (AvgIpc) is 3.08. The lowest BCUT2D eigenvalue weighted by Crippen LogP contribution is -2.16. The van der Waals surface area contributed by atoms with E-state index in [2.05, 4.69) is 10.6 Å². The summed E-state index contributed by atoms with van der Waals surface area (Å²) in [4.78, 5) is 25.6. The van der Waals surface area contributed by atoms with Gasteiger partial charge in [0.1, 0.15) is 0 Å². The smallest absolute Gasteiger partial charge is 0.255 e. The molecule has 2 amide bonds. The van der Waals surface area contributed by atoms with E-state index in [1.165, 1.54) is 11.3 Å². The van der Waals surface area contributed by atoms with Crippen LogP contribution < -0.4 is 10.6 Å². The van der Waals surface area contributed by atoms with Crippen LogP contribution in [0.1, 0.15) is 21.7 Å². The molecule has 1 heterocycles. The van der Waals surface area contributed by atoms with Crippen molar-refractivity contribution in [2.24, 2.45) is 0 Å². The molecule has 0 saturated heterocycles. The van der Waals surface area contributed by atoms with Crippen LogP contribution in [0.3, 0.4) is 0 Å². The lowest BCUT2D eigenvalue weighted by molar-refractivity contribution is -0.116. The summed E-state index contributed by atoms with van der Waals surface area (Å²) in [7, 11) is 0. The highest BCUT2D eigenvalue weighted by Crippen LogP contribution is 2.24. The van der Waals surface area contributed by atoms with E-state index >= 15 is 0 Å². The molecule has 2 aromatic carbocycles. The van der Waals surface area contributed by atoms with E-state index in [9.17, 15) is 9.59 Å². The van der Waals surface area contributed by atoms with Gasteiger partial charge in [-0.3, -0.25) is 9.59 Å². The molecule has 3 rings (SSSR count). The third kappa shape index (κ3) is 4.94. The Morgan fingerprint density at radius 2 is 1.50 bits per heavy atom. The summed E-state index contributed by atoms with van der Waals surface area (Å²) >= 11 is 7.38. The number of thiophene rings is 1. The Hall–Kier alpha value is -2.63. The minimum Gasteiger partial charge on any atom is -0.324 e. The van der Waals surface area contributed by atoms with Crippen LogP contribution in [-0.4, -0.2) is 11.8 Å². The van der Waals surface area contributed by atoms with Gasteiger partial charge in [0.2, 0.25) is 5.91 Å². The van der Waals surface area contributed by atoms with Gasteiger partial charge in [-0.25, -0.2) is 0 Å². The second-order valence-corrected chi connectivity index (χ2v) is 7.42. The van der Waals surface area contributed by atoms with Crippen molar-refractivity contribution < 1.29 is 9.59 Å². The predicted molar refractivity (Wildman–Crippen MR) is 107 cm³/mol. The number of anilines is 2. The van der Waals surface area contributed by atoms with Gasteiger partial charge < -0.3 is 10.6 Å². The number of rotatable bonds is 6. The zero-order valence-electron chi connectivity index (χ0n) is 13.9. The van der Waals surface area contributed by atoms with Gasteiger partial charge in [0.25, 0.3) is 5.91 Å². The molecular weight excluding hydrogens is 368 g/mol. The fraction of sp³-hybridized carbons (Fsp3) is 0.100. The molecule has 0 unspecified atom stereocenters. The number of hydrogen-bond acceptors (Lipinski definition) is 3. The number of halogens is 1. The molecular formula is C20H17ClN2O2S. The van der Waals surface area contributed by atoms with Crippen molar-refractivity contribution in [1.82, 2.24) is 0 Å². The number of aryl methyl sites for hydroxylation is 1. The molecule has 3 aromatic rings. The summed E-state index contributed by atoms with van der Waals surface area (Å²) in [5.41, 5.74) is 1.70. The van der Waals surface area contributed by atoms with Gasteiger partial charge in [-0.05, 0) is 42.8 Å². The van der Waals surface area contributed by atoms with E-state index in [1.807, 2.05) is 30.3 Å². The summed E-state index contributed by atoms with van der Waals surface area (Å²) in [5.74, 6) is -0.337. The number of hydrogen-bond donors (Lipinski definition) is 2. The number of carbonyl (C=O) groups excluding carboxylic acids is 2. The molecule has 0 radical (unpaired) electrons. The number of para-hydroxylation sites is 2. The summed E-state index contributed by atoms with van der Waals surface area (Å²) < 4.78 is 0.717. The minimum atomic E-state index is -0.222. The Morgan fingerprint density at radius 3 is 2.15 bits per heavy atom. The van der Waals surface area contributed by atoms with Crippen molar-refractivity contribution in [3.05, 3.63) is 81.5 Å². The van der Waals surface area contributed by atoms with Crippen molar-refractivity contribution in [2.75, 3.05) is 10.6 Å². The van der Waals surface area contributed by atoms with E-state index in [0.717, 1.165) is 9.21 Å². The van der Waals surface area contributed by atoms with Crippen LogP contribution in [0.5, 0.6) is 0 Å². The molecule has 6 heteroatoms. The maximum absolute atomic E-state index is 12.3. The summed E-state index contributed by atoms with van der Waals surface area (Å²) in [6.07, 6.45) is 0.972. The Morgan fingerprint density at radius 1 is 0.846 bits per heavy atom. The molecule has 132 valence electrons. The summed E-state index contributed by atoms with van der Waals surface area (Å²) in [6.45, 7) is 0. The molecule has 0 fully saturated rings. The molecule has 0 spiro atoms. The van der Waals surface area contributed by atoms with E-state index in [1.54, 1.807) is 36.4 Å². The highest BCUT2D eigenvalue weighted by Gasteiger charge is 2.11. The van der Waals surface area contributed by atoms with Crippen molar-refractivity contribution in [1.29, 1.82) is 0 Å². The van der Waals surface area contributed by atoms with Gasteiger partial charge in [-0.2, -0.15) is 0 Å². The van der Waals surface area contributed by atoms with E-state index in [4.69, 9.17) is 11.6 Å². The van der Waals surface area contributed by atoms with Crippen LogP contribution in [0.15, 0.2) is 66.7 Å².